The van der Waals surface area contributed by atoms with Gasteiger partial charge in [0.1, 0.15) is 0 Å². The van der Waals surface area contributed by atoms with Crippen LogP contribution in [0.1, 0.15) is 36.2 Å². The molecule has 0 saturated heterocycles. The van der Waals surface area contributed by atoms with E-state index >= 15 is 0 Å². The lowest BCUT2D eigenvalue weighted by atomic mass is 9.99. The Bertz CT molecular complexity index is 337. The van der Waals surface area contributed by atoms with E-state index < -0.39 is 11.2 Å². The van der Waals surface area contributed by atoms with Crippen molar-refractivity contribution < 1.29 is 13.2 Å². The Morgan fingerprint density at radius 1 is 1.56 bits per heavy atom. The van der Waals surface area contributed by atoms with Crippen LogP contribution in [0.5, 0.6) is 0 Å². The Labute approximate surface area is 95.8 Å². The molecule has 0 amide bonds. The Hall–Kier alpha value is -0.660. The SMILES string of the molecule is CCC(C)C(NN)c1cnc(C(F)(F)F)s1. The third-order valence-electron chi connectivity index (χ3n) is 2.47. The van der Waals surface area contributed by atoms with Crippen LogP contribution in [0.15, 0.2) is 6.20 Å². The first-order valence-corrected chi connectivity index (χ1v) is 5.70. The molecule has 0 saturated carbocycles. The van der Waals surface area contributed by atoms with Crippen molar-refractivity contribution in [2.75, 3.05) is 0 Å². The number of nitrogens with zero attached hydrogens (tertiary/aromatic N) is 1. The molecule has 92 valence electrons. The number of nitrogens with two attached hydrogens (primary N) is 1. The zero-order valence-electron chi connectivity index (χ0n) is 9.01. The quantitative estimate of drug-likeness (QED) is 0.640. The molecule has 0 aromatic carbocycles. The molecule has 7 heteroatoms. The highest BCUT2D eigenvalue weighted by Crippen LogP contribution is 2.36. The van der Waals surface area contributed by atoms with Crippen LogP contribution in [-0.2, 0) is 6.18 Å². The van der Waals surface area contributed by atoms with Gasteiger partial charge in [-0.05, 0) is 5.92 Å². The van der Waals surface area contributed by atoms with Gasteiger partial charge in [0.15, 0.2) is 5.01 Å². The van der Waals surface area contributed by atoms with Crippen LogP contribution in [0.4, 0.5) is 13.2 Å². The molecule has 0 aliphatic rings. The summed E-state index contributed by atoms with van der Waals surface area (Å²) >= 11 is 0.638. The van der Waals surface area contributed by atoms with E-state index in [0.29, 0.717) is 16.2 Å². The number of hydrogen-bond acceptors (Lipinski definition) is 4. The predicted octanol–water partition coefficient (Wildman–Crippen LogP) is 2.71. The molecule has 3 N–H and O–H groups in total. The summed E-state index contributed by atoms with van der Waals surface area (Å²) in [6.45, 7) is 3.89. The maximum atomic E-state index is 12.3. The van der Waals surface area contributed by atoms with Crippen LogP contribution >= 0.6 is 11.3 Å². The molecular weight excluding hydrogens is 239 g/mol. The van der Waals surface area contributed by atoms with Gasteiger partial charge in [0.2, 0.25) is 0 Å². The molecule has 0 radical (unpaired) electrons. The van der Waals surface area contributed by atoms with Crippen molar-refractivity contribution in [3.05, 3.63) is 16.1 Å². The fraction of sp³-hybridized carbons (Fsp3) is 0.667. The highest BCUT2D eigenvalue weighted by molar-refractivity contribution is 7.11. The third kappa shape index (κ3) is 2.93. The number of rotatable bonds is 4. The summed E-state index contributed by atoms with van der Waals surface area (Å²) in [5.74, 6) is 5.51. The second-order valence-corrected chi connectivity index (χ2v) is 4.66. The highest BCUT2D eigenvalue weighted by Gasteiger charge is 2.35. The largest absolute Gasteiger partial charge is 0.443 e. The van der Waals surface area contributed by atoms with Crippen LogP contribution in [0.3, 0.4) is 0 Å². The number of halogens is 3. The first-order valence-electron chi connectivity index (χ1n) is 4.89. The smallest absolute Gasteiger partial charge is 0.271 e. The molecule has 1 aromatic rings. The standard InChI is InChI=1S/C9H14F3N3S/c1-3-5(2)7(15-13)6-4-14-8(16-6)9(10,11)12/h4-5,7,15H,3,13H2,1-2H3. The van der Waals surface area contributed by atoms with Crippen molar-refractivity contribution in [2.24, 2.45) is 11.8 Å². The minimum atomic E-state index is -4.38. The predicted molar refractivity (Wildman–Crippen MR) is 56.6 cm³/mol. The topological polar surface area (TPSA) is 50.9 Å². The van der Waals surface area contributed by atoms with Crippen molar-refractivity contribution in [3.8, 4) is 0 Å². The Morgan fingerprint density at radius 3 is 2.56 bits per heavy atom. The Kier molecular flexibility index (Phi) is 4.28. The molecule has 3 nitrogen and oxygen atoms in total. The van der Waals surface area contributed by atoms with E-state index in [9.17, 15) is 13.2 Å². The summed E-state index contributed by atoms with van der Waals surface area (Å²) in [6.07, 6.45) is -2.31. The number of hydrazine groups is 1. The average molecular weight is 253 g/mol. The molecule has 0 fully saturated rings. The number of alkyl halides is 3. The number of nitrogens with one attached hydrogen (secondary N) is 1. The first-order chi connectivity index (χ1) is 7.40. The molecule has 1 aromatic heterocycles. The summed E-state index contributed by atoms with van der Waals surface area (Å²) in [7, 11) is 0. The first kappa shape index (κ1) is 13.4. The zero-order valence-corrected chi connectivity index (χ0v) is 9.82. The van der Waals surface area contributed by atoms with Gasteiger partial charge < -0.3 is 0 Å². The molecular formula is C9H14F3N3S. The minimum absolute atomic E-state index is 0.159. The van der Waals surface area contributed by atoms with E-state index in [4.69, 9.17) is 5.84 Å². The minimum Gasteiger partial charge on any atom is -0.271 e. The second-order valence-electron chi connectivity index (χ2n) is 3.60. The number of hydrogen-bond donors (Lipinski definition) is 2. The maximum absolute atomic E-state index is 12.3. The van der Waals surface area contributed by atoms with Gasteiger partial charge in [-0.3, -0.25) is 11.3 Å². The van der Waals surface area contributed by atoms with E-state index in [1.54, 1.807) is 0 Å². The summed E-state index contributed by atoms with van der Waals surface area (Å²) in [5.41, 5.74) is 2.54. The lowest BCUT2D eigenvalue weighted by Crippen LogP contribution is -2.31. The Balaban J connectivity index is 2.91. The number of thiazole rings is 1. The molecule has 1 rings (SSSR count). The molecule has 0 aliphatic carbocycles. The molecule has 2 atom stereocenters. The van der Waals surface area contributed by atoms with Gasteiger partial charge in [-0.1, -0.05) is 20.3 Å². The van der Waals surface area contributed by atoms with Gasteiger partial charge in [-0.15, -0.1) is 11.3 Å². The van der Waals surface area contributed by atoms with Crippen molar-refractivity contribution >= 4 is 11.3 Å². The fourth-order valence-electron chi connectivity index (χ4n) is 1.32. The van der Waals surface area contributed by atoms with Crippen molar-refractivity contribution in [3.63, 3.8) is 0 Å². The van der Waals surface area contributed by atoms with Gasteiger partial charge in [-0.25, -0.2) is 4.98 Å². The van der Waals surface area contributed by atoms with E-state index in [1.165, 1.54) is 6.20 Å². The molecule has 16 heavy (non-hydrogen) atoms. The van der Waals surface area contributed by atoms with Crippen molar-refractivity contribution in [1.82, 2.24) is 10.4 Å². The van der Waals surface area contributed by atoms with Crippen LogP contribution in [0, 0.1) is 5.92 Å². The molecule has 0 aliphatic heterocycles. The van der Waals surface area contributed by atoms with Crippen LogP contribution in [0.25, 0.3) is 0 Å². The molecule has 0 spiro atoms. The maximum Gasteiger partial charge on any atom is 0.443 e. The van der Waals surface area contributed by atoms with E-state index in [-0.39, 0.29) is 12.0 Å². The summed E-state index contributed by atoms with van der Waals surface area (Å²) < 4.78 is 37.0. The molecule has 0 bridgehead atoms. The Morgan fingerprint density at radius 2 is 2.19 bits per heavy atom. The normalized spacial score (nSPS) is 16.1. The third-order valence-corrected chi connectivity index (χ3v) is 3.59. The zero-order chi connectivity index (χ0) is 12.3. The average Bonchev–Trinajstić information content (AvgIpc) is 2.67. The van der Waals surface area contributed by atoms with E-state index in [0.717, 1.165) is 6.42 Å². The van der Waals surface area contributed by atoms with Crippen LogP contribution in [0.2, 0.25) is 0 Å². The van der Waals surface area contributed by atoms with Gasteiger partial charge >= 0.3 is 6.18 Å². The van der Waals surface area contributed by atoms with Gasteiger partial charge in [0.05, 0.1) is 6.04 Å². The van der Waals surface area contributed by atoms with Crippen molar-refractivity contribution in [2.45, 2.75) is 32.5 Å². The van der Waals surface area contributed by atoms with Crippen LogP contribution in [-0.4, -0.2) is 4.98 Å². The van der Waals surface area contributed by atoms with Gasteiger partial charge in [0, 0.05) is 11.1 Å². The lowest BCUT2D eigenvalue weighted by Gasteiger charge is -2.20. The van der Waals surface area contributed by atoms with E-state index in [2.05, 4.69) is 10.4 Å². The van der Waals surface area contributed by atoms with Crippen molar-refractivity contribution in [1.29, 1.82) is 0 Å². The van der Waals surface area contributed by atoms with Gasteiger partial charge in [-0.2, -0.15) is 13.2 Å². The summed E-state index contributed by atoms with van der Waals surface area (Å²) in [6, 6.07) is -0.279. The second kappa shape index (κ2) is 5.11. The molecule has 2 unspecified atom stereocenters. The fourth-order valence-corrected chi connectivity index (χ4v) is 2.30. The summed E-state index contributed by atoms with van der Waals surface area (Å²) in [5, 5.41) is -0.828. The lowest BCUT2D eigenvalue weighted by molar-refractivity contribution is -0.137. The van der Waals surface area contributed by atoms with E-state index in [1.807, 2.05) is 13.8 Å². The van der Waals surface area contributed by atoms with Gasteiger partial charge in [0.25, 0.3) is 0 Å². The van der Waals surface area contributed by atoms with Crippen LogP contribution < -0.4 is 11.3 Å². The molecule has 1 heterocycles. The summed E-state index contributed by atoms with van der Waals surface area (Å²) in [4.78, 5) is 3.89. The number of aromatic nitrogens is 1. The highest BCUT2D eigenvalue weighted by atomic mass is 32.1. The monoisotopic (exact) mass is 253 g/mol.